The summed E-state index contributed by atoms with van der Waals surface area (Å²) in [6, 6.07) is 18.4. The van der Waals surface area contributed by atoms with Crippen LogP contribution in [0, 0.1) is 18.3 Å². The molecule has 0 unspecified atom stereocenters. The fourth-order valence-corrected chi connectivity index (χ4v) is 7.55. The monoisotopic (exact) mass is 697 g/mol. The summed E-state index contributed by atoms with van der Waals surface area (Å²) in [7, 11) is 0. The molecule has 48 heavy (non-hydrogen) atoms. The first-order chi connectivity index (χ1) is 23.1. The second-order valence-corrected chi connectivity index (χ2v) is 15.1. The van der Waals surface area contributed by atoms with Crippen molar-refractivity contribution >= 4 is 72.7 Å². The molecular weight excluding hydrogens is 661 g/mol. The van der Waals surface area contributed by atoms with Crippen molar-refractivity contribution in [3.05, 3.63) is 98.9 Å². The molecule has 1 fully saturated rings. The molecule has 0 spiro atoms. The molecule has 2 aliphatic heterocycles. The Morgan fingerprint density at radius 2 is 1.81 bits per heavy atom. The van der Waals surface area contributed by atoms with E-state index < -0.39 is 0 Å². The molecule has 0 aliphatic carbocycles. The summed E-state index contributed by atoms with van der Waals surface area (Å²) in [6.07, 6.45) is 5.85. The molecule has 5 aromatic rings. The van der Waals surface area contributed by atoms with E-state index in [1.54, 1.807) is 17.5 Å². The highest BCUT2D eigenvalue weighted by molar-refractivity contribution is 7.16. The predicted molar refractivity (Wildman–Crippen MR) is 197 cm³/mol. The van der Waals surface area contributed by atoms with E-state index in [2.05, 4.69) is 92.7 Å². The van der Waals surface area contributed by atoms with Crippen LogP contribution < -0.4 is 21.6 Å². The molecule has 4 N–H and O–H groups in total. The number of nitrogens with one attached hydrogen (secondary N) is 4. The molecule has 246 valence electrons. The Hall–Kier alpha value is -4.11. The number of fused-ring (bicyclic) bond motifs is 2. The number of piperidine rings is 1. The van der Waals surface area contributed by atoms with Gasteiger partial charge in [0.05, 0.1) is 49.3 Å². The van der Waals surface area contributed by atoms with Crippen molar-refractivity contribution < 1.29 is 0 Å². The summed E-state index contributed by atoms with van der Waals surface area (Å²) in [5, 5.41) is 21.2. The molecule has 12 heteroatoms. The Kier molecular flexibility index (Phi) is 8.83. The Balaban J connectivity index is 1.25. The highest BCUT2D eigenvalue weighted by Crippen LogP contribution is 2.38. The molecule has 0 saturated carbocycles. The van der Waals surface area contributed by atoms with Crippen LogP contribution in [-0.4, -0.2) is 44.5 Å². The summed E-state index contributed by atoms with van der Waals surface area (Å²) >= 11 is 15.0. The minimum absolute atomic E-state index is 0.166. The summed E-state index contributed by atoms with van der Waals surface area (Å²) in [5.41, 5.74) is 16.0. The highest BCUT2D eigenvalue weighted by atomic mass is 35.5. The first kappa shape index (κ1) is 32.4. The minimum atomic E-state index is -0.267. The van der Waals surface area contributed by atoms with Crippen molar-refractivity contribution in [2.75, 3.05) is 23.7 Å². The lowest BCUT2D eigenvalue weighted by Crippen LogP contribution is -2.52. The maximum Gasteiger partial charge on any atom is 0.103 e. The van der Waals surface area contributed by atoms with Crippen molar-refractivity contribution in [1.82, 2.24) is 30.8 Å². The Morgan fingerprint density at radius 1 is 1.02 bits per heavy atom. The molecule has 9 nitrogen and oxygen atoms in total. The molecule has 2 aromatic heterocycles. The number of hydrogen-bond acceptors (Lipinski definition) is 10. The van der Waals surface area contributed by atoms with Crippen LogP contribution in [0.15, 0.2) is 72.1 Å². The molecule has 3 aromatic carbocycles. The zero-order valence-electron chi connectivity index (χ0n) is 27.2. The van der Waals surface area contributed by atoms with Gasteiger partial charge in [-0.3, -0.25) is 14.9 Å². The third-order valence-electron chi connectivity index (χ3n) is 9.21. The SMILES string of the molecule is Cc1ccc(Nc2c(C#N)cnc3c(Cl)cc(N[C@H](C4=CN(C5CCN(C(C)(C)C)CC5)NN4)c4ccc5scnc5c4)cc23)cc1Cl. The van der Waals surface area contributed by atoms with E-state index in [0.717, 1.165) is 64.3 Å². The second-order valence-electron chi connectivity index (χ2n) is 13.4. The number of hydrazine groups is 2. The number of nitriles is 1. The lowest BCUT2D eigenvalue weighted by molar-refractivity contribution is 0.0570. The summed E-state index contributed by atoms with van der Waals surface area (Å²) < 4.78 is 1.13. The van der Waals surface area contributed by atoms with Crippen molar-refractivity contribution in [3.63, 3.8) is 0 Å². The number of likely N-dealkylation sites (tertiary alicyclic amines) is 1. The third-order valence-corrected chi connectivity index (χ3v) is 10.7. The van der Waals surface area contributed by atoms with Gasteiger partial charge in [0.25, 0.3) is 0 Å². The van der Waals surface area contributed by atoms with Crippen LogP contribution in [0.2, 0.25) is 10.0 Å². The van der Waals surface area contributed by atoms with Crippen molar-refractivity contribution in [2.24, 2.45) is 0 Å². The normalized spacial score (nSPS) is 16.5. The summed E-state index contributed by atoms with van der Waals surface area (Å²) in [6.45, 7) is 10.9. The van der Waals surface area contributed by atoms with E-state index in [0.29, 0.717) is 38.2 Å². The van der Waals surface area contributed by atoms with E-state index in [4.69, 9.17) is 23.2 Å². The molecule has 2 aliphatic rings. The van der Waals surface area contributed by atoms with Gasteiger partial charge in [0.2, 0.25) is 0 Å². The smallest absolute Gasteiger partial charge is 0.103 e. The average molecular weight is 699 g/mol. The number of benzene rings is 3. The minimum Gasteiger partial charge on any atom is -0.373 e. The van der Waals surface area contributed by atoms with E-state index >= 15 is 0 Å². The van der Waals surface area contributed by atoms with Crippen LogP contribution in [0.25, 0.3) is 21.1 Å². The summed E-state index contributed by atoms with van der Waals surface area (Å²) in [4.78, 5) is 11.7. The zero-order chi connectivity index (χ0) is 33.6. The Bertz CT molecular complexity index is 2070. The standard InChI is InChI=1S/C36H37Cl2N9S/c1-21-5-7-24(15-28(21)37)42-33-23(17-39)18-40-35-27(33)14-25(16-29(35)38)43-34(22-6-8-32-30(13-22)41-20-48-32)31-19-47(45-44-31)26-9-11-46(12-10-26)36(2,3)4/h5-8,13-16,18-20,26,34,43-45H,9-12H2,1-4H3,(H,40,42)/t34-/m0/s1. The van der Waals surface area contributed by atoms with Gasteiger partial charge in [-0.1, -0.05) is 35.3 Å². The Morgan fingerprint density at radius 3 is 2.56 bits per heavy atom. The largest absolute Gasteiger partial charge is 0.373 e. The molecular formula is C36H37Cl2N9S. The molecule has 1 atom stereocenters. The number of pyridine rings is 1. The Labute approximate surface area is 294 Å². The molecule has 4 heterocycles. The van der Waals surface area contributed by atoms with Crippen LogP contribution in [-0.2, 0) is 0 Å². The third kappa shape index (κ3) is 6.49. The van der Waals surface area contributed by atoms with Gasteiger partial charge in [-0.25, -0.2) is 4.98 Å². The van der Waals surface area contributed by atoms with Crippen molar-refractivity contribution in [2.45, 2.75) is 58.2 Å². The molecule has 0 radical (unpaired) electrons. The molecule has 1 saturated heterocycles. The van der Waals surface area contributed by atoms with Crippen LogP contribution in [0.5, 0.6) is 0 Å². The number of aryl methyl sites for hydroxylation is 1. The van der Waals surface area contributed by atoms with Gasteiger partial charge >= 0.3 is 0 Å². The maximum atomic E-state index is 10.0. The number of anilines is 3. The van der Waals surface area contributed by atoms with E-state index in [1.165, 1.54) is 0 Å². The molecule has 0 amide bonds. The van der Waals surface area contributed by atoms with Crippen LogP contribution in [0.1, 0.15) is 56.3 Å². The van der Waals surface area contributed by atoms with Gasteiger partial charge in [0.1, 0.15) is 6.07 Å². The number of hydrogen-bond donors (Lipinski definition) is 4. The second kappa shape index (κ2) is 13.1. The first-order valence-electron chi connectivity index (χ1n) is 16.0. The topological polar surface area (TPSA) is 104 Å². The van der Waals surface area contributed by atoms with Gasteiger partial charge in [-0.05, 0) is 88.1 Å². The maximum absolute atomic E-state index is 10.0. The van der Waals surface area contributed by atoms with Gasteiger partial charge in [-0.2, -0.15) is 5.26 Å². The summed E-state index contributed by atoms with van der Waals surface area (Å²) in [5.74, 6) is 0. The molecule has 7 rings (SSSR count). The highest BCUT2D eigenvalue weighted by Gasteiger charge is 2.32. The quantitative estimate of drug-likeness (QED) is 0.133. The lowest BCUT2D eigenvalue weighted by Gasteiger charge is -2.42. The zero-order valence-corrected chi connectivity index (χ0v) is 29.6. The van der Waals surface area contributed by atoms with Crippen molar-refractivity contribution in [1.29, 1.82) is 5.26 Å². The van der Waals surface area contributed by atoms with Gasteiger partial charge in [0, 0.05) is 58.9 Å². The van der Waals surface area contributed by atoms with E-state index in [9.17, 15) is 5.26 Å². The van der Waals surface area contributed by atoms with Crippen LogP contribution in [0.4, 0.5) is 17.1 Å². The predicted octanol–water partition coefficient (Wildman–Crippen LogP) is 8.66. The number of nitrogens with zero attached hydrogens (tertiary/aromatic N) is 5. The van der Waals surface area contributed by atoms with E-state index in [-0.39, 0.29) is 11.6 Å². The fourth-order valence-electron chi connectivity index (χ4n) is 6.44. The van der Waals surface area contributed by atoms with Crippen molar-refractivity contribution in [3.8, 4) is 6.07 Å². The number of rotatable bonds is 7. The average Bonchev–Trinajstić information content (AvgIpc) is 3.75. The van der Waals surface area contributed by atoms with Gasteiger partial charge < -0.3 is 16.1 Å². The first-order valence-corrected chi connectivity index (χ1v) is 17.6. The number of thiazole rings is 1. The van der Waals surface area contributed by atoms with Gasteiger partial charge in [0.15, 0.2) is 0 Å². The number of halogens is 2. The fraction of sp³-hybridized carbons (Fsp3) is 0.306. The van der Waals surface area contributed by atoms with Crippen LogP contribution in [0.3, 0.4) is 0 Å². The molecule has 0 bridgehead atoms. The number of aromatic nitrogens is 2. The van der Waals surface area contributed by atoms with Gasteiger partial charge in [-0.15, -0.1) is 16.9 Å². The van der Waals surface area contributed by atoms with Crippen LogP contribution >= 0.6 is 34.5 Å². The van der Waals surface area contributed by atoms with E-state index in [1.807, 2.05) is 42.8 Å². The lowest BCUT2D eigenvalue weighted by atomic mass is 9.98.